The van der Waals surface area contributed by atoms with Crippen LogP contribution in [0.5, 0.6) is 0 Å². The number of carbonyl (C=O) groups excluding carboxylic acids is 1. The molecule has 7 heteroatoms. The number of thioether (sulfide) groups is 1. The van der Waals surface area contributed by atoms with Gasteiger partial charge in [-0.3, -0.25) is 4.79 Å². The Bertz CT molecular complexity index is 645. The Kier molecular flexibility index (Phi) is 5.81. The van der Waals surface area contributed by atoms with Gasteiger partial charge in [0.05, 0.1) is 11.3 Å². The summed E-state index contributed by atoms with van der Waals surface area (Å²) in [6, 6.07) is 11.2. The van der Waals surface area contributed by atoms with E-state index in [4.69, 9.17) is 11.5 Å². The molecule has 0 radical (unpaired) electrons. The summed E-state index contributed by atoms with van der Waals surface area (Å²) in [5.41, 5.74) is 12.4. The molecule has 2 atom stereocenters. The number of nitrogens with zero attached hydrogens (tertiary/aromatic N) is 2. The molecule has 6 nitrogen and oxygen atoms in total. The average Bonchev–Trinajstić information content (AvgIpc) is 2.52. The fourth-order valence-electron chi connectivity index (χ4n) is 2.10. The maximum absolute atomic E-state index is 12.5. The van der Waals surface area contributed by atoms with Crippen LogP contribution < -0.4 is 16.8 Å². The number of anilines is 2. The number of aromatic nitrogens is 2. The summed E-state index contributed by atoms with van der Waals surface area (Å²) in [6.45, 7) is 3.90. The smallest absolute Gasteiger partial charge is 0.234 e. The summed E-state index contributed by atoms with van der Waals surface area (Å²) in [4.78, 5) is 20.7. The molecule has 23 heavy (non-hydrogen) atoms. The van der Waals surface area contributed by atoms with Crippen LogP contribution in [0.3, 0.4) is 0 Å². The van der Waals surface area contributed by atoms with Gasteiger partial charge in [-0.25, -0.2) is 9.97 Å². The van der Waals surface area contributed by atoms with Gasteiger partial charge in [0.25, 0.3) is 0 Å². The lowest BCUT2D eigenvalue weighted by Crippen LogP contribution is -2.34. The first-order valence-electron chi connectivity index (χ1n) is 7.41. The van der Waals surface area contributed by atoms with E-state index in [9.17, 15) is 4.79 Å². The number of hydrogen-bond donors (Lipinski definition) is 3. The molecular formula is C16H21N5OS. The van der Waals surface area contributed by atoms with Crippen LogP contribution in [-0.2, 0) is 4.79 Å². The van der Waals surface area contributed by atoms with Crippen LogP contribution in [-0.4, -0.2) is 21.1 Å². The molecule has 2 rings (SSSR count). The highest BCUT2D eigenvalue weighted by Gasteiger charge is 2.21. The van der Waals surface area contributed by atoms with Crippen LogP contribution in [0.25, 0.3) is 0 Å². The zero-order valence-corrected chi connectivity index (χ0v) is 14.0. The third-order valence-corrected chi connectivity index (χ3v) is 4.54. The minimum Gasteiger partial charge on any atom is -0.383 e. The average molecular weight is 331 g/mol. The Balaban J connectivity index is 2.03. The van der Waals surface area contributed by atoms with Crippen LogP contribution >= 0.6 is 11.8 Å². The van der Waals surface area contributed by atoms with Gasteiger partial charge in [-0.2, -0.15) is 0 Å². The lowest BCUT2D eigenvalue weighted by molar-refractivity contribution is -0.121. The number of hydrogen-bond acceptors (Lipinski definition) is 6. The number of nitrogens with one attached hydrogen (secondary N) is 1. The molecule has 0 bridgehead atoms. The summed E-state index contributed by atoms with van der Waals surface area (Å²) < 4.78 is 0. The molecule has 0 aliphatic rings. The van der Waals surface area contributed by atoms with Crippen molar-refractivity contribution in [2.45, 2.75) is 36.7 Å². The molecule has 5 N–H and O–H groups in total. The summed E-state index contributed by atoms with van der Waals surface area (Å²) in [6.07, 6.45) is 0.649. The number of carbonyl (C=O) groups is 1. The van der Waals surface area contributed by atoms with E-state index >= 15 is 0 Å². The quantitative estimate of drug-likeness (QED) is 0.554. The summed E-state index contributed by atoms with van der Waals surface area (Å²) >= 11 is 1.27. The predicted molar refractivity (Wildman–Crippen MR) is 93.8 cm³/mol. The molecule has 0 aliphatic carbocycles. The minimum atomic E-state index is -0.303. The largest absolute Gasteiger partial charge is 0.383 e. The van der Waals surface area contributed by atoms with E-state index in [1.54, 1.807) is 0 Å². The van der Waals surface area contributed by atoms with Crippen molar-refractivity contribution in [1.29, 1.82) is 0 Å². The lowest BCUT2D eigenvalue weighted by atomic mass is 10.1. The molecule has 0 saturated carbocycles. The second-order valence-corrected chi connectivity index (χ2v) is 6.33. The van der Waals surface area contributed by atoms with Crippen LogP contribution in [0.15, 0.2) is 41.6 Å². The van der Waals surface area contributed by atoms with Crippen molar-refractivity contribution in [3.63, 3.8) is 0 Å². The number of nitrogen functional groups attached to an aromatic ring is 2. The Morgan fingerprint density at radius 3 is 2.39 bits per heavy atom. The van der Waals surface area contributed by atoms with Gasteiger partial charge in [-0.1, -0.05) is 49.0 Å². The van der Waals surface area contributed by atoms with Crippen molar-refractivity contribution in [3.05, 3.63) is 42.0 Å². The van der Waals surface area contributed by atoms with Crippen LogP contribution in [0, 0.1) is 0 Å². The minimum absolute atomic E-state index is 0.0570. The summed E-state index contributed by atoms with van der Waals surface area (Å²) in [7, 11) is 0. The molecule has 0 unspecified atom stereocenters. The van der Waals surface area contributed by atoms with E-state index in [1.165, 1.54) is 17.8 Å². The zero-order chi connectivity index (χ0) is 16.8. The van der Waals surface area contributed by atoms with Crippen LogP contribution in [0.4, 0.5) is 11.6 Å². The maximum Gasteiger partial charge on any atom is 0.234 e. The van der Waals surface area contributed by atoms with Crippen molar-refractivity contribution in [2.24, 2.45) is 0 Å². The number of nitrogens with two attached hydrogens (primary N) is 2. The second kappa shape index (κ2) is 7.82. The molecule has 0 aliphatic heterocycles. The second-order valence-electron chi connectivity index (χ2n) is 5.16. The molecule has 2 aromatic rings. The standard InChI is InChI=1S/C16H21N5OS/c1-3-12(23-16-20-13(17)9-14(18)21-16)15(22)19-10(2)11-7-5-4-6-8-11/h4-10,12H,3H2,1-2H3,(H,19,22)(H4,17,18,20,21)/t10-,12-/m1/s1. The van der Waals surface area contributed by atoms with E-state index in [2.05, 4.69) is 15.3 Å². The highest BCUT2D eigenvalue weighted by atomic mass is 32.2. The molecule has 0 saturated heterocycles. The van der Waals surface area contributed by atoms with Gasteiger partial charge in [-0.15, -0.1) is 0 Å². The zero-order valence-electron chi connectivity index (χ0n) is 13.2. The Morgan fingerprint density at radius 2 is 1.83 bits per heavy atom. The number of benzene rings is 1. The summed E-state index contributed by atoms with van der Waals surface area (Å²) in [5, 5.41) is 3.13. The van der Waals surface area contributed by atoms with Gasteiger partial charge < -0.3 is 16.8 Å². The van der Waals surface area contributed by atoms with Gasteiger partial charge in [0.2, 0.25) is 5.91 Å². The van der Waals surface area contributed by atoms with E-state index < -0.39 is 0 Å². The van der Waals surface area contributed by atoms with Crippen molar-refractivity contribution < 1.29 is 4.79 Å². The first kappa shape index (κ1) is 17.1. The molecule has 1 heterocycles. The Morgan fingerprint density at radius 1 is 1.22 bits per heavy atom. The first-order valence-corrected chi connectivity index (χ1v) is 8.29. The molecule has 0 fully saturated rings. The Hall–Kier alpha value is -2.28. The van der Waals surface area contributed by atoms with E-state index in [0.717, 1.165) is 5.56 Å². The van der Waals surface area contributed by atoms with Gasteiger partial charge in [-0.05, 0) is 18.9 Å². The lowest BCUT2D eigenvalue weighted by Gasteiger charge is -2.19. The Labute approximate surface area is 140 Å². The van der Waals surface area contributed by atoms with Crippen LogP contribution in [0.2, 0.25) is 0 Å². The van der Waals surface area contributed by atoms with Gasteiger partial charge in [0.1, 0.15) is 11.6 Å². The topological polar surface area (TPSA) is 107 Å². The highest BCUT2D eigenvalue weighted by molar-refractivity contribution is 8.00. The molecule has 122 valence electrons. The van der Waals surface area contributed by atoms with Gasteiger partial charge in [0.15, 0.2) is 5.16 Å². The van der Waals surface area contributed by atoms with Crippen LogP contribution in [0.1, 0.15) is 31.9 Å². The third-order valence-electron chi connectivity index (χ3n) is 3.31. The first-order chi connectivity index (χ1) is 11.0. The highest BCUT2D eigenvalue weighted by Crippen LogP contribution is 2.25. The van der Waals surface area contributed by atoms with Gasteiger partial charge >= 0.3 is 0 Å². The fourth-order valence-corrected chi connectivity index (χ4v) is 3.01. The monoisotopic (exact) mass is 331 g/mol. The fraction of sp³-hybridized carbons (Fsp3) is 0.312. The molecule has 1 amide bonds. The number of rotatable bonds is 6. The SMILES string of the molecule is CC[C@@H](Sc1nc(N)cc(N)n1)C(=O)N[C@H](C)c1ccccc1. The van der Waals surface area contributed by atoms with Crippen molar-refractivity contribution in [2.75, 3.05) is 11.5 Å². The molecule has 0 spiro atoms. The van der Waals surface area contributed by atoms with Gasteiger partial charge in [0, 0.05) is 6.07 Å². The molecular weight excluding hydrogens is 310 g/mol. The van der Waals surface area contributed by atoms with E-state index in [-0.39, 0.29) is 17.2 Å². The predicted octanol–water partition coefficient (Wildman–Crippen LogP) is 2.39. The summed E-state index contributed by atoms with van der Waals surface area (Å²) in [5.74, 6) is 0.541. The van der Waals surface area contributed by atoms with Crippen molar-refractivity contribution in [1.82, 2.24) is 15.3 Å². The molecule has 1 aromatic heterocycles. The van der Waals surface area contributed by atoms with Crippen molar-refractivity contribution in [3.8, 4) is 0 Å². The maximum atomic E-state index is 12.5. The third kappa shape index (κ3) is 4.85. The molecule has 1 aromatic carbocycles. The normalized spacial score (nSPS) is 13.3. The van der Waals surface area contributed by atoms with E-state index in [1.807, 2.05) is 44.2 Å². The number of amides is 1. The van der Waals surface area contributed by atoms with E-state index in [0.29, 0.717) is 23.2 Å². The van der Waals surface area contributed by atoms with Crippen molar-refractivity contribution >= 4 is 29.3 Å².